The Morgan fingerprint density at radius 3 is 2.76 bits per heavy atom. The fraction of sp³-hybridized carbons (Fsp3) is 0.263. The van der Waals surface area contributed by atoms with Gasteiger partial charge in [-0.05, 0) is 19.9 Å². The minimum Gasteiger partial charge on any atom is -0.394 e. The highest BCUT2D eigenvalue weighted by atomic mass is 35.5. The predicted octanol–water partition coefficient (Wildman–Crippen LogP) is 3.59. The number of pyridine rings is 1. The molecule has 0 bridgehead atoms. The number of halogens is 4. The summed E-state index contributed by atoms with van der Waals surface area (Å²) in [5.41, 5.74) is 6.44. The van der Waals surface area contributed by atoms with Gasteiger partial charge in [0.05, 0.1) is 46.4 Å². The monoisotopic (exact) mass is 494 g/mol. The van der Waals surface area contributed by atoms with E-state index in [4.69, 9.17) is 22.7 Å². The van der Waals surface area contributed by atoms with E-state index in [0.29, 0.717) is 5.69 Å². The number of carbonyl (C=O) groups is 1. The SMILES string of the molecule is Cc1nn2c3c(cnc2c1N)N(C(=O)Nc1cnc(N/N=C\C=N)c(Cl)c1)C[C@]3(C)C(F)(F)F. The van der Waals surface area contributed by atoms with Crippen LogP contribution in [-0.4, -0.2) is 50.8 Å². The van der Waals surface area contributed by atoms with E-state index in [1.54, 1.807) is 6.92 Å². The van der Waals surface area contributed by atoms with Gasteiger partial charge in [-0.25, -0.2) is 19.3 Å². The molecule has 2 amide bonds. The van der Waals surface area contributed by atoms with Crippen LogP contribution in [0.3, 0.4) is 0 Å². The van der Waals surface area contributed by atoms with Crippen LogP contribution in [0.1, 0.15) is 18.3 Å². The molecule has 0 radical (unpaired) electrons. The number of anilines is 4. The molecule has 0 spiro atoms. The van der Waals surface area contributed by atoms with Gasteiger partial charge in [0.25, 0.3) is 0 Å². The number of fused-ring (bicyclic) bond motifs is 3. The third-order valence-electron chi connectivity index (χ3n) is 5.42. The molecule has 1 atom stereocenters. The van der Waals surface area contributed by atoms with Crippen LogP contribution in [-0.2, 0) is 5.41 Å². The summed E-state index contributed by atoms with van der Waals surface area (Å²) in [7, 11) is 0. The Hall–Kier alpha value is -3.94. The number of aryl methyl sites for hydroxylation is 1. The molecule has 15 heteroatoms. The average molecular weight is 495 g/mol. The Bertz CT molecular complexity index is 1340. The topological polar surface area (TPSA) is 150 Å². The Morgan fingerprint density at radius 1 is 1.38 bits per heavy atom. The number of hydrogen-bond acceptors (Lipinski definition) is 8. The molecule has 3 aromatic rings. The highest BCUT2D eigenvalue weighted by Gasteiger charge is 2.60. The lowest BCUT2D eigenvalue weighted by atomic mass is 9.87. The molecule has 0 unspecified atom stereocenters. The lowest BCUT2D eigenvalue weighted by molar-refractivity contribution is -0.181. The molecular weight excluding hydrogens is 477 g/mol. The van der Waals surface area contributed by atoms with E-state index in [9.17, 15) is 18.0 Å². The van der Waals surface area contributed by atoms with Crippen molar-refractivity contribution >= 4 is 58.6 Å². The van der Waals surface area contributed by atoms with Gasteiger partial charge in [0.1, 0.15) is 11.1 Å². The van der Waals surface area contributed by atoms with Crippen LogP contribution in [0, 0.1) is 12.3 Å². The Kier molecular flexibility index (Phi) is 5.55. The molecule has 5 N–H and O–H groups in total. The fourth-order valence-corrected chi connectivity index (χ4v) is 3.82. The zero-order valence-corrected chi connectivity index (χ0v) is 18.5. The molecule has 34 heavy (non-hydrogen) atoms. The zero-order chi connectivity index (χ0) is 24.8. The quantitative estimate of drug-likeness (QED) is 0.321. The summed E-state index contributed by atoms with van der Waals surface area (Å²) in [5, 5.41) is 17.3. The summed E-state index contributed by atoms with van der Waals surface area (Å²) in [6.45, 7) is 1.86. The summed E-state index contributed by atoms with van der Waals surface area (Å²) >= 11 is 6.12. The van der Waals surface area contributed by atoms with Gasteiger partial charge in [-0.1, -0.05) is 11.6 Å². The number of nitrogen functional groups attached to an aromatic ring is 1. The maximum atomic E-state index is 14.2. The molecule has 0 saturated heterocycles. The number of urea groups is 1. The van der Waals surface area contributed by atoms with E-state index in [0.717, 1.165) is 28.8 Å². The molecule has 1 aliphatic heterocycles. The molecule has 0 aromatic carbocycles. The lowest BCUT2D eigenvalue weighted by Crippen LogP contribution is -2.46. The second kappa shape index (κ2) is 8.13. The third-order valence-corrected chi connectivity index (χ3v) is 5.70. The van der Waals surface area contributed by atoms with Gasteiger partial charge in [-0.2, -0.15) is 23.4 Å². The van der Waals surface area contributed by atoms with Gasteiger partial charge in [-0.15, -0.1) is 0 Å². The van der Waals surface area contributed by atoms with Crippen molar-refractivity contribution in [3.05, 3.63) is 34.9 Å². The molecular formula is C19H18ClF3N10O. The molecule has 1 aliphatic rings. The smallest absolute Gasteiger partial charge is 0.394 e. The summed E-state index contributed by atoms with van der Waals surface area (Å²) in [6.07, 6.45) is -0.159. The number of nitrogens with two attached hydrogens (primary N) is 1. The first kappa shape index (κ1) is 23.2. The standard InChI is InChI=1S/C19H18ClF3N10O/c1-9-13(25)16-27-7-12-14(33(16)31-9)18(2,19(21,22)23)8-32(12)17(34)29-10-5-11(20)15(26-6-10)30-28-4-3-24/h3-7,24H,8,25H2,1-2H3,(H,26,30)(H,29,34)/b24-3?,28-4-/t18-/m0/s1. The molecule has 11 nitrogen and oxygen atoms in total. The average Bonchev–Trinajstić information content (AvgIpc) is 3.24. The van der Waals surface area contributed by atoms with Crippen molar-refractivity contribution in [1.29, 1.82) is 5.41 Å². The maximum absolute atomic E-state index is 14.2. The summed E-state index contributed by atoms with van der Waals surface area (Å²) < 4.78 is 43.8. The molecule has 4 rings (SSSR count). The number of aromatic nitrogens is 4. The Balaban J connectivity index is 1.70. The van der Waals surface area contributed by atoms with Gasteiger partial charge >= 0.3 is 12.2 Å². The minimum absolute atomic E-state index is 0.0503. The minimum atomic E-state index is -4.70. The van der Waals surface area contributed by atoms with Crippen LogP contribution >= 0.6 is 11.6 Å². The Morgan fingerprint density at radius 2 is 2.12 bits per heavy atom. The van der Waals surface area contributed by atoms with Crippen LogP contribution in [0.5, 0.6) is 0 Å². The van der Waals surface area contributed by atoms with Crippen LogP contribution in [0.15, 0.2) is 23.6 Å². The number of hydrazone groups is 1. The van der Waals surface area contributed by atoms with Gasteiger partial charge in [0.2, 0.25) is 0 Å². The predicted molar refractivity (Wildman–Crippen MR) is 122 cm³/mol. The van der Waals surface area contributed by atoms with Crippen molar-refractivity contribution in [3.63, 3.8) is 0 Å². The number of carbonyl (C=O) groups excluding carboxylic acids is 1. The van der Waals surface area contributed by atoms with Crippen LogP contribution < -0.4 is 21.4 Å². The fourth-order valence-electron chi connectivity index (χ4n) is 3.61. The second-order valence-electron chi connectivity index (χ2n) is 7.68. The first-order valence-electron chi connectivity index (χ1n) is 9.71. The lowest BCUT2D eigenvalue weighted by Gasteiger charge is -2.28. The van der Waals surface area contributed by atoms with Crippen molar-refractivity contribution in [1.82, 2.24) is 19.6 Å². The highest BCUT2D eigenvalue weighted by Crippen LogP contribution is 2.50. The van der Waals surface area contributed by atoms with Gasteiger partial charge in [-0.3, -0.25) is 10.3 Å². The van der Waals surface area contributed by atoms with Crippen molar-refractivity contribution < 1.29 is 18.0 Å². The van der Waals surface area contributed by atoms with E-state index in [2.05, 4.69) is 30.9 Å². The van der Waals surface area contributed by atoms with E-state index in [1.807, 2.05) is 0 Å². The third kappa shape index (κ3) is 3.65. The number of nitrogens with zero attached hydrogens (tertiary/aromatic N) is 6. The number of hydrogen-bond donors (Lipinski definition) is 4. The molecule has 3 aromatic heterocycles. The Labute approximate surface area is 195 Å². The maximum Gasteiger partial charge on any atom is 0.401 e. The summed E-state index contributed by atoms with van der Waals surface area (Å²) in [4.78, 5) is 22.1. The molecule has 0 aliphatic carbocycles. The molecule has 0 fully saturated rings. The van der Waals surface area contributed by atoms with E-state index in [1.165, 1.54) is 18.5 Å². The number of rotatable bonds is 4. The van der Waals surface area contributed by atoms with Crippen molar-refractivity contribution in [2.45, 2.75) is 25.4 Å². The molecule has 4 heterocycles. The normalized spacial score (nSPS) is 17.9. The zero-order valence-electron chi connectivity index (χ0n) is 17.8. The van der Waals surface area contributed by atoms with E-state index < -0.39 is 24.2 Å². The first-order chi connectivity index (χ1) is 16.0. The van der Waals surface area contributed by atoms with Crippen molar-refractivity contribution in [2.24, 2.45) is 5.10 Å². The van der Waals surface area contributed by atoms with Crippen LogP contribution in [0.2, 0.25) is 5.02 Å². The molecule has 178 valence electrons. The summed E-state index contributed by atoms with van der Waals surface area (Å²) in [5.74, 6) is 0.159. The van der Waals surface area contributed by atoms with E-state index >= 15 is 0 Å². The number of amides is 2. The number of nitrogens with one attached hydrogen (secondary N) is 3. The highest BCUT2D eigenvalue weighted by molar-refractivity contribution is 6.33. The van der Waals surface area contributed by atoms with Crippen LogP contribution in [0.25, 0.3) is 5.65 Å². The number of alkyl halides is 3. The first-order valence-corrected chi connectivity index (χ1v) is 10.1. The summed E-state index contributed by atoms with van der Waals surface area (Å²) in [6, 6.07) is 0.515. The second-order valence-corrected chi connectivity index (χ2v) is 8.09. The largest absolute Gasteiger partial charge is 0.401 e. The van der Waals surface area contributed by atoms with Gasteiger partial charge in [0.15, 0.2) is 11.5 Å². The van der Waals surface area contributed by atoms with Crippen molar-refractivity contribution in [3.8, 4) is 0 Å². The van der Waals surface area contributed by atoms with Crippen LogP contribution in [0.4, 0.5) is 40.8 Å². The van der Waals surface area contributed by atoms with Gasteiger partial charge in [0, 0.05) is 12.8 Å². The van der Waals surface area contributed by atoms with Gasteiger partial charge < -0.3 is 16.5 Å². The molecule has 0 saturated carbocycles. The van der Waals surface area contributed by atoms with E-state index in [-0.39, 0.29) is 39.2 Å². The van der Waals surface area contributed by atoms with Crippen molar-refractivity contribution in [2.75, 3.05) is 27.9 Å².